The maximum atomic E-state index is 6.13. The van der Waals surface area contributed by atoms with E-state index in [0.29, 0.717) is 12.0 Å². The van der Waals surface area contributed by atoms with E-state index < -0.39 is 0 Å². The summed E-state index contributed by atoms with van der Waals surface area (Å²) in [5.41, 5.74) is 6.27. The van der Waals surface area contributed by atoms with Gasteiger partial charge in [0.2, 0.25) is 0 Å². The molecule has 2 N–H and O–H groups in total. The Hall–Kier alpha value is -0.160. The largest absolute Gasteiger partial charge is 0.383 e. The van der Waals surface area contributed by atoms with Gasteiger partial charge < -0.3 is 15.4 Å². The minimum atomic E-state index is 0.136. The topological polar surface area (TPSA) is 41.7 Å². The zero-order chi connectivity index (χ0) is 13.8. The Labute approximate surface area is 112 Å². The Kier molecular flexibility index (Phi) is 6.05. The van der Waals surface area contributed by atoms with Crippen LogP contribution in [0.4, 0.5) is 0 Å². The van der Waals surface area contributed by atoms with Crippen molar-refractivity contribution < 1.29 is 4.74 Å². The number of hydrogen-bond donors (Lipinski definition) is 1. The van der Waals surface area contributed by atoms with Gasteiger partial charge in [-0.3, -0.25) is 4.90 Å². The lowest BCUT2D eigenvalue weighted by Crippen LogP contribution is -2.57. The van der Waals surface area contributed by atoms with Crippen LogP contribution < -0.4 is 5.73 Å². The molecule has 1 rings (SSSR count). The quantitative estimate of drug-likeness (QED) is 0.739. The number of nitrogens with zero attached hydrogens (tertiary/aromatic N) is 2. The van der Waals surface area contributed by atoms with Crippen LogP contribution in [-0.4, -0.2) is 68.3 Å². The number of methoxy groups -OCH3 is 1. The van der Waals surface area contributed by atoms with Crippen LogP contribution in [0.15, 0.2) is 0 Å². The first-order valence-corrected chi connectivity index (χ1v) is 7.09. The van der Waals surface area contributed by atoms with E-state index in [1.807, 2.05) is 0 Å². The molecule has 1 heterocycles. The Morgan fingerprint density at radius 2 is 2.17 bits per heavy atom. The third-order valence-electron chi connectivity index (χ3n) is 4.17. The molecular formula is C14H31N3O. The Bertz CT molecular complexity index is 235. The van der Waals surface area contributed by atoms with Gasteiger partial charge in [0.1, 0.15) is 0 Å². The second-order valence-electron chi connectivity index (χ2n) is 6.23. The van der Waals surface area contributed by atoms with Crippen molar-refractivity contribution in [1.82, 2.24) is 9.80 Å². The van der Waals surface area contributed by atoms with Gasteiger partial charge in [0, 0.05) is 44.9 Å². The molecule has 0 saturated carbocycles. The average molecular weight is 257 g/mol. The standard InChI is InChI=1S/C14H31N3O/c1-12(2)9-17(6-7-18-5)14(10-15)8-13(3)16(4)11-14/h12-13H,6-11,15H2,1-5H3. The molecule has 4 nitrogen and oxygen atoms in total. The fraction of sp³-hybridized carbons (Fsp3) is 1.00. The number of likely N-dealkylation sites (N-methyl/N-ethyl adjacent to an activating group) is 1. The minimum Gasteiger partial charge on any atom is -0.383 e. The number of ether oxygens (including phenoxy) is 1. The molecule has 0 aromatic carbocycles. The van der Waals surface area contributed by atoms with Gasteiger partial charge in [-0.1, -0.05) is 13.8 Å². The van der Waals surface area contributed by atoms with E-state index in [9.17, 15) is 0 Å². The van der Waals surface area contributed by atoms with E-state index in [1.165, 1.54) is 0 Å². The number of hydrogen-bond acceptors (Lipinski definition) is 4. The van der Waals surface area contributed by atoms with Gasteiger partial charge in [-0.25, -0.2) is 0 Å². The summed E-state index contributed by atoms with van der Waals surface area (Å²) in [5, 5.41) is 0. The van der Waals surface area contributed by atoms with Crippen molar-refractivity contribution in [3.05, 3.63) is 0 Å². The molecule has 0 radical (unpaired) electrons. The smallest absolute Gasteiger partial charge is 0.0589 e. The predicted molar refractivity (Wildman–Crippen MR) is 76.8 cm³/mol. The van der Waals surface area contributed by atoms with Crippen LogP contribution in [0, 0.1) is 5.92 Å². The lowest BCUT2D eigenvalue weighted by Gasteiger charge is -2.41. The molecule has 2 atom stereocenters. The van der Waals surface area contributed by atoms with Gasteiger partial charge in [-0.2, -0.15) is 0 Å². The Morgan fingerprint density at radius 3 is 2.56 bits per heavy atom. The molecule has 2 unspecified atom stereocenters. The molecule has 0 aromatic heterocycles. The third-order valence-corrected chi connectivity index (χ3v) is 4.17. The highest BCUT2D eigenvalue weighted by atomic mass is 16.5. The summed E-state index contributed by atoms with van der Waals surface area (Å²) in [6.07, 6.45) is 1.16. The summed E-state index contributed by atoms with van der Waals surface area (Å²) < 4.78 is 5.26. The molecule has 0 spiro atoms. The lowest BCUT2D eigenvalue weighted by atomic mass is 9.92. The fourth-order valence-electron chi connectivity index (χ4n) is 3.06. The van der Waals surface area contributed by atoms with Crippen LogP contribution in [0.2, 0.25) is 0 Å². The summed E-state index contributed by atoms with van der Waals surface area (Å²) in [6, 6.07) is 0.616. The SMILES string of the molecule is COCCN(CC(C)C)C1(CN)CC(C)N(C)C1. The number of rotatable bonds is 7. The van der Waals surface area contributed by atoms with Crippen molar-refractivity contribution in [2.24, 2.45) is 11.7 Å². The zero-order valence-corrected chi connectivity index (χ0v) is 12.8. The molecule has 0 amide bonds. The van der Waals surface area contributed by atoms with Gasteiger partial charge in [-0.05, 0) is 26.3 Å². The second-order valence-corrected chi connectivity index (χ2v) is 6.23. The maximum Gasteiger partial charge on any atom is 0.0589 e. The molecule has 1 fully saturated rings. The first kappa shape index (κ1) is 15.9. The number of likely N-dealkylation sites (tertiary alicyclic amines) is 1. The van der Waals surface area contributed by atoms with Crippen molar-refractivity contribution in [3.63, 3.8) is 0 Å². The molecule has 1 aliphatic rings. The van der Waals surface area contributed by atoms with E-state index in [0.717, 1.165) is 39.2 Å². The van der Waals surface area contributed by atoms with E-state index in [-0.39, 0.29) is 5.54 Å². The van der Waals surface area contributed by atoms with Crippen LogP contribution in [0.3, 0.4) is 0 Å². The maximum absolute atomic E-state index is 6.13. The molecule has 1 saturated heterocycles. The highest BCUT2D eigenvalue weighted by Crippen LogP contribution is 2.31. The molecule has 18 heavy (non-hydrogen) atoms. The molecule has 0 aromatic rings. The summed E-state index contributed by atoms with van der Waals surface area (Å²) in [6.45, 7) is 11.5. The van der Waals surface area contributed by atoms with Crippen molar-refractivity contribution in [1.29, 1.82) is 0 Å². The zero-order valence-electron chi connectivity index (χ0n) is 12.8. The number of nitrogens with two attached hydrogens (primary N) is 1. The normalized spacial score (nSPS) is 29.7. The van der Waals surface area contributed by atoms with Crippen molar-refractivity contribution in [2.75, 3.05) is 46.9 Å². The summed E-state index contributed by atoms with van der Waals surface area (Å²) in [4.78, 5) is 4.98. The van der Waals surface area contributed by atoms with Gasteiger partial charge in [-0.15, -0.1) is 0 Å². The molecule has 0 bridgehead atoms. The third kappa shape index (κ3) is 3.67. The van der Waals surface area contributed by atoms with Crippen molar-refractivity contribution >= 4 is 0 Å². The van der Waals surface area contributed by atoms with Crippen LogP contribution in [0.5, 0.6) is 0 Å². The van der Waals surface area contributed by atoms with E-state index in [1.54, 1.807) is 7.11 Å². The highest BCUT2D eigenvalue weighted by Gasteiger charge is 2.43. The molecular weight excluding hydrogens is 226 g/mol. The monoisotopic (exact) mass is 257 g/mol. The average Bonchev–Trinajstić information content (AvgIpc) is 2.61. The van der Waals surface area contributed by atoms with Gasteiger partial charge in [0.15, 0.2) is 0 Å². The first-order valence-electron chi connectivity index (χ1n) is 7.09. The molecule has 108 valence electrons. The van der Waals surface area contributed by atoms with Crippen LogP contribution >= 0.6 is 0 Å². The van der Waals surface area contributed by atoms with Crippen LogP contribution in [0.25, 0.3) is 0 Å². The van der Waals surface area contributed by atoms with E-state index in [2.05, 4.69) is 37.6 Å². The van der Waals surface area contributed by atoms with E-state index in [4.69, 9.17) is 10.5 Å². The molecule has 0 aliphatic carbocycles. The summed E-state index contributed by atoms with van der Waals surface area (Å²) in [5.74, 6) is 0.659. The van der Waals surface area contributed by atoms with Crippen molar-refractivity contribution in [3.8, 4) is 0 Å². The highest BCUT2D eigenvalue weighted by molar-refractivity contribution is 5.02. The predicted octanol–water partition coefficient (Wildman–Crippen LogP) is 1.01. The van der Waals surface area contributed by atoms with Crippen LogP contribution in [0.1, 0.15) is 27.2 Å². The van der Waals surface area contributed by atoms with E-state index >= 15 is 0 Å². The van der Waals surface area contributed by atoms with Gasteiger partial charge in [0.05, 0.1) is 6.61 Å². The first-order chi connectivity index (χ1) is 8.45. The Balaban J connectivity index is 2.79. The second kappa shape index (κ2) is 6.85. The molecule has 4 heteroatoms. The van der Waals surface area contributed by atoms with Gasteiger partial charge in [0.25, 0.3) is 0 Å². The lowest BCUT2D eigenvalue weighted by molar-refractivity contribution is 0.0557. The fourth-order valence-corrected chi connectivity index (χ4v) is 3.06. The minimum absolute atomic E-state index is 0.136. The summed E-state index contributed by atoms with van der Waals surface area (Å²) >= 11 is 0. The Morgan fingerprint density at radius 1 is 1.50 bits per heavy atom. The molecule has 1 aliphatic heterocycles. The van der Waals surface area contributed by atoms with Gasteiger partial charge >= 0.3 is 0 Å². The summed E-state index contributed by atoms with van der Waals surface area (Å²) in [7, 11) is 3.97. The van der Waals surface area contributed by atoms with Crippen molar-refractivity contribution in [2.45, 2.75) is 38.8 Å². The van der Waals surface area contributed by atoms with Crippen LogP contribution in [-0.2, 0) is 4.74 Å².